The highest BCUT2D eigenvalue weighted by molar-refractivity contribution is 6.46. The monoisotopic (exact) mass is 491 g/mol. The summed E-state index contributed by atoms with van der Waals surface area (Å²) in [5.41, 5.74) is 4.06. The van der Waals surface area contributed by atoms with Crippen LogP contribution in [0.5, 0.6) is 5.75 Å². The van der Waals surface area contributed by atoms with Crippen LogP contribution >= 0.6 is 0 Å². The van der Waals surface area contributed by atoms with E-state index in [4.69, 9.17) is 4.74 Å². The van der Waals surface area contributed by atoms with Crippen molar-refractivity contribution >= 4 is 17.4 Å². The Bertz CT molecular complexity index is 1450. The molecular weight excluding hydrogens is 466 g/mol. The number of pyridine rings is 2. The number of ketones is 1. The Kier molecular flexibility index (Phi) is 6.76. The first-order chi connectivity index (χ1) is 18.0. The van der Waals surface area contributed by atoms with Crippen LogP contribution in [0.1, 0.15) is 33.9 Å². The molecule has 2 aromatic heterocycles. The summed E-state index contributed by atoms with van der Waals surface area (Å²) < 4.78 is 5.90. The van der Waals surface area contributed by atoms with E-state index >= 15 is 0 Å². The Balaban J connectivity index is 1.46. The van der Waals surface area contributed by atoms with E-state index in [2.05, 4.69) is 9.97 Å². The van der Waals surface area contributed by atoms with Crippen LogP contribution in [-0.2, 0) is 22.7 Å². The van der Waals surface area contributed by atoms with Gasteiger partial charge in [0.2, 0.25) is 0 Å². The number of ether oxygens (including phenoxy) is 1. The molecule has 4 aromatic rings. The molecule has 0 bridgehead atoms. The molecule has 0 unspecified atom stereocenters. The van der Waals surface area contributed by atoms with Crippen molar-refractivity contribution in [2.75, 3.05) is 0 Å². The van der Waals surface area contributed by atoms with Gasteiger partial charge in [-0.05, 0) is 65.6 Å². The van der Waals surface area contributed by atoms with Crippen molar-refractivity contribution in [1.82, 2.24) is 14.9 Å². The average Bonchev–Trinajstić information content (AvgIpc) is 3.18. The van der Waals surface area contributed by atoms with Crippen molar-refractivity contribution in [2.45, 2.75) is 26.1 Å². The number of amides is 1. The lowest BCUT2D eigenvalue weighted by Crippen LogP contribution is -2.29. The number of rotatable bonds is 7. The quantitative estimate of drug-likeness (QED) is 0.223. The highest BCUT2D eigenvalue weighted by atomic mass is 16.5. The van der Waals surface area contributed by atoms with Crippen molar-refractivity contribution in [3.63, 3.8) is 0 Å². The molecule has 1 N–H and O–H groups in total. The molecule has 1 saturated heterocycles. The molecule has 1 fully saturated rings. The Morgan fingerprint density at radius 1 is 0.919 bits per heavy atom. The third kappa shape index (κ3) is 4.97. The van der Waals surface area contributed by atoms with Crippen LogP contribution in [-0.4, -0.2) is 31.7 Å². The number of nitrogens with zero attached hydrogens (tertiary/aromatic N) is 3. The minimum atomic E-state index is -0.786. The van der Waals surface area contributed by atoms with E-state index in [1.54, 1.807) is 67.3 Å². The molecule has 184 valence electrons. The first kappa shape index (κ1) is 23.9. The number of aryl methyl sites for hydroxylation is 1. The normalized spacial score (nSPS) is 16.7. The lowest BCUT2D eigenvalue weighted by molar-refractivity contribution is -0.140. The third-order valence-electron chi connectivity index (χ3n) is 6.40. The largest absolute Gasteiger partial charge is 0.507 e. The molecule has 0 radical (unpaired) electrons. The zero-order valence-electron chi connectivity index (χ0n) is 20.2. The van der Waals surface area contributed by atoms with Gasteiger partial charge in [0, 0.05) is 36.9 Å². The molecular formula is C30H25N3O4. The highest BCUT2D eigenvalue weighted by Crippen LogP contribution is 2.40. The SMILES string of the molecule is Cc1ccccc1COc1ccc(C(O)=C2C(=O)C(=O)N(Cc3cccnc3)[C@@H]2c2cccnc2)cc1. The number of aliphatic hydroxyl groups excluding tert-OH is 1. The summed E-state index contributed by atoms with van der Waals surface area (Å²) in [5, 5.41) is 11.3. The van der Waals surface area contributed by atoms with E-state index in [9.17, 15) is 14.7 Å². The van der Waals surface area contributed by atoms with Gasteiger partial charge in [-0.25, -0.2) is 0 Å². The summed E-state index contributed by atoms with van der Waals surface area (Å²) in [4.78, 5) is 36.0. The molecule has 37 heavy (non-hydrogen) atoms. The summed E-state index contributed by atoms with van der Waals surface area (Å²) >= 11 is 0. The van der Waals surface area contributed by atoms with Gasteiger partial charge in [0.05, 0.1) is 11.6 Å². The van der Waals surface area contributed by atoms with Gasteiger partial charge in [-0.1, -0.05) is 36.4 Å². The molecule has 0 aliphatic carbocycles. The number of carbonyl (C=O) groups excluding carboxylic acids is 2. The van der Waals surface area contributed by atoms with Crippen LogP contribution in [0.2, 0.25) is 0 Å². The van der Waals surface area contributed by atoms with E-state index in [0.717, 1.165) is 16.7 Å². The number of hydrogen-bond acceptors (Lipinski definition) is 6. The van der Waals surface area contributed by atoms with Crippen LogP contribution in [0.4, 0.5) is 0 Å². The number of likely N-dealkylation sites (tertiary alicyclic amines) is 1. The Hall–Kier alpha value is -4.78. The fraction of sp³-hybridized carbons (Fsp3) is 0.133. The van der Waals surface area contributed by atoms with Crippen molar-refractivity contribution in [2.24, 2.45) is 0 Å². The van der Waals surface area contributed by atoms with E-state index < -0.39 is 17.7 Å². The Morgan fingerprint density at radius 3 is 2.32 bits per heavy atom. The summed E-state index contributed by atoms with van der Waals surface area (Å²) in [6.07, 6.45) is 6.51. The molecule has 1 amide bonds. The zero-order valence-corrected chi connectivity index (χ0v) is 20.2. The summed E-state index contributed by atoms with van der Waals surface area (Å²) in [5.74, 6) is -1.04. The Labute approximate surface area is 214 Å². The number of benzene rings is 2. The number of hydrogen-bond donors (Lipinski definition) is 1. The first-order valence-corrected chi connectivity index (χ1v) is 11.9. The van der Waals surface area contributed by atoms with Gasteiger partial charge < -0.3 is 14.7 Å². The predicted octanol–water partition coefficient (Wildman–Crippen LogP) is 4.99. The maximum atomic E-state index is 13.2. The number of Topliss-reactive ketones (excluding diaryl/α,β-unsaturated/α-hetero) is 1. The second kappa shape index (κ2) is 10.5. The minimum absolute atomic E-state index is 0.0236. The van der Waals surface area contributed by atoms with E-state index in [1.807, 2.05) is 37.3 Å². The fourth-order valence-electron chi connectivity index (χ4n) is 4.41. The van der Waals surface area contributed by atoms with Crippen LogP contribution in [0.15, 0.2) is 103 Å². The smallest absolute Gasteiger partial charge is 0.295 e. The molecule has 0 spiro atoms. The standard InChI is InChI=1S/C30H25N3O4/c1-20-6-2-3-8-24(20)19-37-25-12-10-22(11-13-25)28(34)26-27(23-9-5-15-32-17-23)33(30(36)29(26)35)18-21-7-4-14-31-16-21/h2-17,27,34H,18-19H2,1H3/t27-/m1/s1. The van der Waals surface area contributed by atoms with Crippen molar-refractivity contribution in [3.8, 4) is 5.75 Å². The minimum Gasteiger partial charge on any atom is -0.507 e. The van der Waals surface area contributed by atoms with Gasteiger partial charge in [-0.3, -0.25) is 19.6 Å². The molecule has 0 saturated carbocycles. The lowest BCUT2D eigenvalue weighted by Gasteiger charge is -2.25. The molecule has 5 rings (SSSR count). The maximum Gasteiger partial charge on any atom is 0.295 e. The van der Waals surface area contributed by atoms with Crippen LogP contribution < -0.4 is 4.74 Å². The van der Waals surface area contributed by atoms with E-state index in [0.29, 0.717) is 23.5 Å². The summed E-state index contributed by atoms with van der Waals surface area (Å²) in [6.45, 7) is 2.61. The zero-order chi connectivity index (χ0) is 25.8. The van der Waals surface area contributed by atoms with Gasteiger partial charge in [0.1, 0.15) is 18.1 Å². The second-order valence-electron chi connectivity index (χ2n) is 8.81. The van der Waals surface area contributed by atoms with Crippen molar-refractivity contribution in [3.05, 3.63) is 131 Å². The van der Waals surface area contributed by atoms with Crippen LogP contribution in [0.25, 0.3) is 5.76 Å². The molecule has 7 heteroatoms. The third-order valence-corrected chi connectivity index (χ3v) is 6.40. The second-order valence-corrected chi connectivity index (χ2v) is 8.81. The molecule has 1 aliphatic heterocycles. The number of carbonyl (C=O) groups is 2. The van der Waals surface area contributed by atoms with Gasteiger partial charge in [-0.2, -0.15) is 0 Å². The number of aromatic nitrogens is 2. The van der Waals surface area contributed by atoms with E-state index in [-0.39, 0.29) is 17.9 Å². The summed E-state index contributed by atoms with van der Waals surface area (Å²) in [6, 6.07) is 21.2. The topological polar surface area (TPSA) is 92.6 Å². The Morgan fingerprint density at radius 2 is 1.65 bits per heavy atom. The molecule has 1 aliphatic rings. The van der Waals surface area contributed by atoms with Crippen LogP contribution in [0.3, 0.4) is 0 Å². The molecule has 1 atom stereocenters. The summed E-state index contributed by atoms with van der Waals surface area (Å²) in [7, 11) is 0. The van der Waals surface area contributed by atoms with Gasteiger partial charge in [0.25, 0.3) is 11.7 Å². The molecule has 3 heterocycles. The lowest BCUT2D eigenvalue weighted by atomic mass is 9.96. The van der Waals surface area contributed by atoms with Gasteiger partial charge in [-0.15, -0.1) is 0 Å². The van der Waals surface area contributed by atoms with Crippen molar-refractivity contribution in [1.29, 1.82) is 0 Å². The van der Waals surface area contributed by atoms with Gasteiger partial charge in [0.15, 0.2) is 0 Å². The van der Waals surface area contributed by atoms with E-state index in [1.165, 1.54) is 4.90 Å². The van der Waals surface area contributed by atoms with Crippen LogP contribution in [0, 0.1) is 6.92 Å². The maximum absolute atomic E-state index is 13.2. The molecule has 2 aromatic carbocycles. The molecule has 7 nitrogen and oxygen atoms in total. The number of aliphatic hydroxyl groups is 1. The average molecular weight is 492 g/mol. The van der Waals surface area contributed by atoms with Gasteiger partial charge >= 0.3 is 0 Å². The first-order valence-electron chi connectivity index (χ1n) is 11.9. The fourth-order valence-corrected chi connectivity index (χ4v) is 4.41. The predicted molar refractivity (Wildman–Crippen MR) is 138 cm³/mol. The highest BCUT2D eigenvalue weighted by Gasteiger charge is 2.46. The van der Waals surface area contributed by atoms with Crippen molar-refractivity contribution < 1.29 is 19.4 Å².